The highest BCUT2D eigenvalue weighted by Crippen LogP contribution is 2.31. The van der Waals surface area contributed by atoms with Crippen molar-refractivity contribution < 1.29 is 26.4 Å². The molecule has 0 aliphatic heterocycles. The molecular weight excluding hydrogens is 443 g/mol. The number of rotatable bonds is 6. The quantitative estimate of drug-likeness (QED) is 0.585. The van der Waals surface area contributed by atoms with Gasteiger partial charge >= 0.3 is 6.18 Å². The molecule has 3 aromatic rings. The molecule has 1 heterocycles. The molecule has 3 rings (SSSR count). The van der Waals surface area contributed by atoms with E-state index >= 15 is 0 Å². The Labute approximate surface area is 183 Å². The summed E-state index contributed by atoms with van der Waals surface area (Å²) in [5, 5.41) is 0. The van der Waals surface area contributed by atoms with Gasteiger partial charge in [0.25, 0.3) is 15.9 Å². The van der Waals surface area contributed by atoms with E-state index < -0.39 is 32.6 Å². The van der Waals surface area contributed by atoms with Crippen molar-refractivity contribution >= 4 is 21.6 Å². The number of carbonyl (C=O) groups excluding carboxylic acids is 1. The van der Waals surface area contributed by atoms with Crippen LogP contribution in [0.5, 0.6) is 0 Å². The maximum atomic E-state index is 13.0. The molecule has 0 bridgehead atoms. The van der Waals surface area contributed by atoms with E-state index in [2.05, 4.69) is 9.71 Å². The number of amides is 1. The fourth-order valence-electron chi connectivity index (χ4n) is 3.00. The first-order chi connectivity index (χ1) is 15.0. The number of halogens is 3. The number of sulfonamides is 1. The number of nitrogens with one attached hydrogen (secondary N) is 1. The molecule has 10 heteroatoms. The van der Waals surface area contributed by atoms with E-state index in [1.807, 2.05) is 13.0 Å². The average molecular weight is 463 g/mol. The molecule has 0 saturated heterocycles. The van der Waals surface area contributed by atoms with Crippen molar-refractivity contribution in [1.82, 2.24) is 9.88 Å². The Morgan fingerprint density at radius 3 is 2.50 bits per heavy atom. The second-order valence-corrected chi connectivity index (χ2v) is 8.82. The zero-order chi connectivity index (χ0) is 23.5. The van der Waals surface area contributed by atoms with Crippen LogP contribution in [0.15, 0.2) is 71.9 Å². The van der Waals surface area contributed by atoms with Crippen LogP contribution in [-0.4, -0.2) is 31.3 Å². The minimum atomic E-state index is -4.69. The number of carbonyl (C=O) groups is 1. The summed E-state index contributed by atoms with van der Waals surface area (Å²) in [6.07, 6.45) is -1.41. The number of benzene rings is 2. The molecule has 1 amide bonds. The molecule has 0 aliphatic carbocycles. The van der Waals surface area contributed by atoms with Crippen molar-refractivity contribution in [2.24, 2.45) is 0 Å². The van der Waals surface area contributed by atoms with Crippen molar-refractivity contribution in [3.8, 4) is 0 Å². The van der Waals surface area contributed by atoms with E-state index in [9.17, 15) is 26.4 Å². The van der Waals surface area contributed by atoms with E-state index in [-0.39, 0.29) is 17.8 Å². The maximum Gasteiger partial charge on any atom is 0.416 e. The lowest BCUT2D eigenvalue weighted by Crippen LogP contribution is -2.28. The standard InChI is InChI=1S/C22H20F3N3O3S/c1-15-10-11-26-13-16(15)14-28(2)21(29)19-8-3-4-9-20(19)27-32(30,31)18-7-5-6-17(12-18)22(23,24)25/h3-13,27H,14H2,1-2H3. The van der Waals surface area contributed by atoms with Gasteiger partial charge in [-0.05, 0) is 54.4 Å². The third kappa shape index (κ3) is 5.25. The predicted octanol–water partition coefficient (Wildman–Crippen LogP) is 4.48. The SMILES string of the molecule is Cc1ccncc1CN(C)C(=O)c1ccccc1NS(=O)(=O)c1cccc(C(F)(F)F)c1. The Morgan fingerprint density at radius 2 is 1.81 bits per heavy atom. The second kappa shape index (κ2) is 8.99. The highest BCUT2D eigenvalue weighted by Gasteiger charge is 2.32. The fourth-order valence-corrected chi connectivity index (χ4v) is 4.12. The maximum absolute atomic E-state index is 13.0. The number of hydrogen-bond acceptors (Lipinski definition) is 4. The van der Waals surface area contributed by atoms with Gasteiger partial charge in [-0.3, -0.25) is 14.5 Å². The Kier molecular flexibility index (Phi) is 6.54. The largest absolute Gasteiger partial charge is 0.416 e. The molecule has 2 aromatic carbocycles. The van der Waals surface area contributed by atoms with Crippen LogP contribution in [0.2, 0.25) is 0 Å². The van der Waals surface area contributed by atoms with Crippen LogP contribution >= 0.6 is 0 Å². The second-order valence-electron chi connectivity index (χ2n) is 7.14. The monoisotopic (exact) mass is 463 g/mol. The lowest BCUT2D eigenvalue weighted by atomic mass is 10.1. The molecule has 32 heavy (non-hydrogen) atoms. The van der Waals surface area contributed by atoms with Gasteiger partial charge in [-0.15, -0.1) is 0 Å². The number of aromatic nitrogens is 1. The van der Waals surface area contributed by atoms with Crippen LogP contribution < -0.4 is 4.72 Å². The number of para-hydroxylation sites is 1. The van der Waals surface area contributed by atoms with Crippen LogP contribution in [0.3, 0.4) is 0 Å². The van der Waals surface area contributed by atoms with Crippen molar-refractivity contribution in [1.29, 1.82) is 0 Å². The van der Waals surface area contributed by atoms with Gasteiger partial charge in [0.05, 0.1) is 21.7 Å². The lowest BCUT2D eigenvalue weighted by Gasteiger charge is -2.20. The molecule has 0 atom stereocenters. The van der Waals surface area contributed by atoms with Gasteiger partial charge in [0, 0.05) is 26.0 Å². The summed E-state index contributed by atoms with van der Waals surface area (Å²) in [5.74, 6) is -0.462. The fraction of sp³-hybridized carbons (Fsp3) is 0.182. The van der Waals surface area contributed by atoms with Crippen molar-refractivity contribution in [2.75, 3.05) is 11.8 Å². The Morgan fingerprint density at radius 1 is 1.09 bits per heavy atom. The summed E-state index contributed by atoms with van der Waals surface area (Å²) in [6.45, 7) is 2.12. The van der Waals surface area contributed by atoms with Gasteiger partial charge in [-0.2, -0.15) is 13.2 Å². The minimum Gasteiger partial charge on any atom is -0.337 e. The van der Waals surface area contributed by atoms with E-state index in [4.69, 9.17) is 0 Å². The molecule has 6 nitrogen and oxygen atoms in total. The Balaban J connectivity index is 1.88. The average Bonchev–Trinajstić information content (AvgIpc) is 2.74. The van der Waals surface area contributed by atoms with Gasteiger partial charge < -0.3 is 4.90 Å². The molecule has 0 radical (unpaired) electrons. The van der Waals surface area contributed by atoms with E-state index in [0.717, 1.165) is 29.3 Å². The summed E-state index contributed by atoms with van der Waals surface area (Å²) in [7, 11) is -2.81. The number of nitrogens with zero attached hydrogens (tertiary/aromatic N) is 2. The normalized spacial score (nSPS) is 11.8. The van der Waals surface area contributed by atoms with E-state index in [1.165, 1.54) is 23.1 Å². The van der Waals surface area contributed by atoms with Crippen molar-refractivity contribution in [3.63, 3.8) is 0 Å². The van der Waals surface area contributed by atoms with Gasteiger partial charge in [0.1, 0.15) is 0 Å². The smallest absolute Gasteiger partial charge is 0.337 e. The summed E-state index contributed by atoms with van der Waals surface area (Å²) in [4.78, 5) is 17.9. The Bertz CT molecular complexity index is 1240. The summed E-state index contributed by atoms with van der Waals surface area (Å²) in [6, 6.07) is 11.1. The lowest BCUT2D eigenvalue weighted by molar-refractivity contribution is -0.137. The molecule has 0 spiro atoms. The summed E-state index contributed by atoms with van der Waals surface area (Å²) >= 11 is 0. The van der Waals surface area contributed by atoms with Gasteiger partial charge in [-0.25, -0.2) is 8.42 Å². The first-order valence-electron chi connectivity index (χ1n) is 9.43. The van der Waals surface area contributed by atoms with Crippen molar-refractivity contribution in [3.05, 3.63) is 89.2 Å². The summed E-state index contributed by atoms with van der Waals surface area (Å²) < 4.78 is 66.7. The molecule has 0 fully saturated rings. The molecule has 0 aliphatic rings. The third-order valence-electron chi connectivity index (χ3n) is 4.78. The minimum absolute atomic E-state index is 0.0373. The zero-order valence-corrected chi connectivity index (χ0v) is 18.0. The topological polar surface area (TPSA) is 79.4 Å². The molecule has 0 saturated carbocycles. The van der Waals surface area contributed by atoms with Crippen LogP contribution in [0.1, 0.15) is 27.0 Å². The number of alkyl halides is 3. The molecule has 0 unspecified atom stereocenters. The van der Waals surface area contributed by atoms with Crippen LogP contribution in [0, 0.1) is 6.92 Å². The number of hydrogen-bond donors (Lipinski definition) is 1. The number of anilines is 1. The first-order valence-corrected chi connectivity index (χ1v) is 10.9. The molecule has 1 aromatic heterocycles. The summed E-state index contributed by atoms with van der Waals surface area (Å²) in [5.41, 5.74) is 0.705. The highest BCUT2D eigenvalue weighted by molar-refractivity contribution is 7.92. The predicted molar refractivity (Wildman–Crippen MR) is 113 cm³/mol. The van der Waals surface area contributed by atoms with E-state index in [0.29, 0.717) is 6.07 Å². The molecular formula is C22H20F3N3O3S. The number of pyridine rings is 1. The van der Waals surface area contributed by atoms with Gasteiger partial charge in [0.2, 0.25) is 0 Å². The van der Waals surface area contributed by atoms with Gasteiger partial charge in [-0.1, -0.05) is 18.2 Å². The van der Waals surface area contributed by atoms with Crippen molar-refractivity contribution in [2.45, 2.75) is 24.5 Å². The van der Waals surface area contributed by atoms with Crippen LogP contribution in [0.25, 0.3) is 0 Å². The zero-order valence-electron chi connectivity index (χ0n) is 17.2. The highest BCUT2D eigenvalue weighted by atomic mass is 32.2. The third-order valence-corrected chi connectivity index (χ3v) is 6.14. The number of aryl methyl sites for hydroxylation is 1. The van der Waals surface area contributed by atoms with Crippen LogP contribution in [-0.2, 0) is 22.7 Å². The molecule has 168 valence electrons. The first kappa shape index (κ1) is 23.3. The van der Waals surface area contributed by atoms with Crippen LogP contribution in [0.4, 0.5) is 18.9 Å². The van der Waals surface area contributed by atoms with E-state index in [1.54, 1.807) is 25.5 Å². The van der Waals surface area contributed by atoms with Gasteiger partial charge in [0.15, 0.2) is 0 Å². The Hall–Kier alpha value is -3.40. The molecule has 1 N–H and O–H groups in total.